The van der Waals surface area contributed by atoms with Crippen LogP contribution in [0.4, 0.5) is 0 Å². The Morgan fingerprint density at radius 2 is 0.980 bits per heavy atom. The summed E-state index contributed by atoms with van der Waals surface area (Å²) in [5, 5.41) is 0. The molecule has 0 fully saturated rings. The van der Waals surface area contributed by atoms with Gasteiger partial charge in [-0.25, -0.2) is 0 Å². The Labute approximate surface area is 305 Å². The molecule has 0 unspecified atom stereocenters. The summed E-state index contributed by atoms with van der Waals surface area (Å²) in [5.74, 6) is 3.08. The second-order valence-corrected chi connectivity index (χ2v) is 14.6. The van der Waals surface area contributed by atoms with Crippen LogP contribution in [0.1, 0.15) is 178 Å². The standard InChI is InChI=1S/C44H70O4S/c1-5-9-10-11-12-13-14-15-16-17-18-19-20-21-22-23-24-25-35-49-40-29-27-39(28-30-40)41(45)31-26-38-36-42(46-32-6-2)44(48-34-8-4)43(37-38)47-33-7-3/h26-31,36-37H,5-25,32-35H2,1-4H3/b31-26+. The SMILES string of the molecule is CCCCCCCCCCCCCCCCCCCCSc1ccc(C(=O)/C=C/c2cc(OCCC)c(OCCC)c(OCCC)c2)cc1. The summed E-state index contributed by atoms with van der Waals surface area (Å²) in [6.45, 7) is 10.3. The van der Waals surface area contributed by atoms with Gasteiger partial charge in [-0.1, -0.05) is 143 Å². The lowest BCUT2D eigenvalue weighted by Crippen LogP contribution is -2.05. The molecule has 0 spiro atoms. The van der Waals surface area contributed by atoms with Crippen molar-refractivity contribution in [1.82, 2.24) is 0 Å². The molecule has 0 saturated carbocycles. The van der Waals surface area contributed by atoms with Crippen LogP contribution in [0, 0.1) is 0 Å². The van der Waals surface area contributed by atoms with E-state index >= 15 is 0 Å². The van der Waals surface area contributed by atoms with Crippen molar-refractivity contribution in [3.8, 4) is 17.2 Å². The normalized spacial score (nSPS) is 11.3. The molecule has 49 heavy (non-hydrogen) atoms. The topological polar surface area (TPSA) is 44.8 Å². The molecule has 0 atom stereocenters. The van der Waals surface area contributed by atoms with Crippen LogP contribution in [0.5, 0.6) is 17.2 Å². The largest absolute Gasteiger partial charge is 0.490 e. The fourth-order valence-electron chi connectivity index (χ4n) is 5.86. The van der Waals surface area contributed by atoms with Gasteiger partial charge in [0.05, 0.1) is 19.8 Å². The van der Waals surface area contributed by atoms with E-state index in [0.717, 1.165) is 30.6 Å². The van der Waals surface area contributed by atoms with Crippen LogP contribution >= 0.6 is 11.8 Å². The van der Waals surface area contributed by atoms with E-state index in [-0.39, 0.29) is 5.78 Å². The smallest absolute Gasteiger partial charge is 0.203 e. The Hall–Kier alpha value is -2.40. The van der Waals surface area contributed by atoms with Gasteiger partial charge in [-0.2, -0.15) is 0 Å². The molecule has 4 nitrogen and oxygen atoms in total. The summed E-state index contributed by atoms with van der Waals surface area (Å²) < 4.78 is 18.1. The Morgan fingerprint density at radius 3 is 1.43 bits per heavy atom. The van der Waals surface area contributed by atoms with E-state index in [4.69, 9.17) is 14.2 Å². The molecule has 2 aromatic carbocycles. The number of unbranched alkanes of at least 4 members (excludes halogenated alkanes) is 17. The summed E-state index contributed by atoms with van der Waals surface area (Å²) in [6, 6.07) is 11.9. The Bertz CT molecular complexity index is 1100. The molecule has 0 aliphatic carbocycles. The molecule has 0 bridgehead atoms. The maximum Gasteiger partial charge on any atom is 0.203 e. The number of hydrogen-bond acceptors (Lipinski definition) is 5. The highest BCUT2D eigenvalue weighted by atomic mass is 32.2. The molecule has 0 radical (unpaired) electrons. The van der Waals surface area contributed by atoms with Crippen molar-refractivity contribution >= 4 is 23.6 Å². The minimum atomic E-state index is -0.0154. The van der Waals surface area contributed by atoms with Crippen molar-refractivity contribution in [1.29, 1.82) is 0 Å². The Morgan fingerprint density at radius 1 is 0.551 bits per heavy atom. The second-order valence-electron chi connectivity index (χ2n) is 13.5. The molecule has 0 aromatic heterocycles. The lowest BCUT2D eigenvalue weighted by atomic mass is 10.0. The number of thioether (sulfide) groups is 1. The van der Waals surface area contributed by atoms with E-state index in [1.807, 2.05) is 42.1 Å². The number of carbonyl (C=O) groups excluding carboxylic acids is 1. The summed E-state index contributed by atoms with van der Waals surface area (Å²) in [4.78, 5) is 14.2. The fraction of sp³-hybridized carbons (Fsp3) is 0.659. The van der Waals surface area contributed by atoms with Crippen LogP contribution in [-0.4, -0.2) is 31.4 Å². The van der Waals surface area contributed by atoms with Gasteiger partial charge >= 0.3 is 0 Å². The summed E-state index contributed by atoms with van der Waals surface area (Å²) in [6.07, 6.45) is 31.5. The van der Waals surface area contributed by atoms with E-state index in [2.05, 4.69) is 39.8 Å². The monoisotopic (exact) mass is 694 g/mol. The Kier molecular flexibility index (Phi) is 25.6. The van der Waals surface area contributed by atoms with Crippen molar-refractivity contribution in [3.05, 3.63) is 53.6 Å². The number of allylic oxidation sites excluding steroid dienone is 1. The van der Waals surface area contributed by atoms with Crippen LogP contribution in [0.2, 0.25) is 0 Å². The predicted octanol–water partition coefficient (Wildman–Crippen LogP) is 14.1. The second kappa shape index (κ2) is 29.3. The van der Waals surface area contributed by atoms with E-state index in [0.29, 0.717) is 42.6 Å². The third kappa shape index (κ3) is 20.1. The van der Waals surface area contributed by atoms with E-state index in [1.165, 1.54) is 120 Å². The molecular weight excluding hydrogens is 625 g/mol. The third-order valence-corrected chi connectivity index (χ3v) is 9.85. The van der Waals surface area contributed by atoms with Crippen molar-refractivity contribution in [3.63, 3.8) is 0 Å². The van der Waals surface area contributed by atoms with Crippen LogP contribution in [0.15, 0.2) is 47.4 Å². The molecule has 0 aliphatic rings. The molecular formula is C44H70O4S. The van der Waals surface area contributed by atoms with Gasteiger partial charge in [-0.3, -0.25) is 4.79 Å². The van der Waals surface area contributed by atoms with Crippen LogP contribution < -0.4 is 14.2 Å². The zero-order chi connectivity index (χ0) is 35.2. The maximum atomic E-state index is 13.0. The van der Waals surface area contributed by atoms with Gasteiger partial charge in [-0.15, -0.1) is 11.8 Å². The highest BCUT2D eigenvalue weighted by molar-refractivity contribution is 7.99. The van der Waals surface area contributed by atoms with Gasteiger partial charge in [-0.05, 0) is 79.5 Å². The van der Waals surface area contributed by atoms with Gasteiger partial charge in [0, 0.05) is 10.5 Å². The molecule has 276 valence electrons. The molecule has 0 N–H and O–H groups in total. The number of hydrogen-bond donors (Lipinski definition) is 0. The predicted molar refractivity (Wildman–Crippen MR) is 213 cm³/mol. The van der Waals surface area contributed by atoms with Gasteiger partial charge < -0.3 is 14.2 Å². The quantitative estimate of drug-likeness (QED) is 0.0330. The number of rotatable bonds is 32. The van der Waals surface area contributed by atoms with Gasteiger partial charge in [0.2, 0.25) is 5.75 Å². The first-order valence-electron chi connectivity index (χ1n) is 20.1. The number of ether oxygens (including phenoxy) is 3. The zero-order valence-corrected chi connectivity index (χ0v) is 32.7. The summed E-state index contributed by atoms with van der Waals surface area (Å²) in [5.41, 5.74) is 1.55. The average molecular weight is 695 g/mol. The third-order valence-electron chi connectivity index (χ3n) is 8.75. The number of carbonyl (C=O) groups is 1. The highest BCUT2D eigenvalue weighted by Gasteiger charge is 2.15. The first-order valence-corrected chi connectivity index (χ1v) is 21.1. The molecule has 0 amide bonds. The minimum absolute atomic E-state index is 0.0154. The highest BCUT2D eigenvalue weighted by Crippen LogP contribution is 2.40. The fourth-order valence-corrected chi connectivity index (χ4v) is 6.77. The number of ketones is 1. The first kappa shape index (κ1) is 42.8. The number of benzene rings is 2. The molecule has 0 aliphatic heterocycles. The molecule has 2 rings (SSSR count). The van der Waals surface area contributed by atoms with Gasteiger partial charge in [0.25, 0.3) is 0 Å². The average Bonchev–Trinajstić information content (AvgIpc) is 3.12. The van der Waals surface area contributed by atoms with Crippen molar-refractivity contribution in [2.24, 2.45) is 0 Å². The van der Waals surface area contributed by atoms with Crippen molar-refractivity contribution in [2.45, 2.75) is 167 Å². The molecule has 5 heteroatoms. The minimum Gasteiger partial charge on any atom is -0.490 e. The molecule has 0 heterocycles. The summed E-state index contributed by atoms with van der Waals surface area (Å²) in [7, 11) is 0. The van der Waals surface area contributed by atoms with Gasteiger partial charge in [0.1, 0.15) is 0 Å². The lowest BCUT2D eigenvalue weighted by molar-refractivity contribution is 0.104. The van der Waals surface area contributed by atoms with Crippen LogP contribution in [-0.2, 0) is 0 Å². The Balaban J connectivity index is 1.63. The zero-order valence-electron chi connectivity index (χ0n) is 31.8. The summed E-state index contributed by atoms with van der Waals surface area (Å²) >= 11 is 1.89. The van der Waals surface area contributed by atoms with Gasteiger partial charge in [0.15, 0.2) is 17.3 Å². The van der Waals surface area contributed by atoms with Crippen LogP contribution in [0.3, 0.4) is 0 Å². The van der Waals surface area contributed by atoms with Crippen molar-refractivity contribution in [2.75, 3.05) is 25.6 Å². The van der Waals surface area contributed by atoms with E-state index in [1.54, 1.807) is 6.08 Å². The van der Waals surface area contributed by atoms with E-state index < -0.39 is 0 Å². The van der Waals surface area contributed by atoms with Crippen molar-refractivity contribution < 1.29 is 19.0 Å². The maximum absolute atomic E-state index is 13.0. The molecule has 0 saturated heterocycles. The molecule has 2 aromatic rings. The van der Waals surface area contributed by atoms with Crippen LogP contribution in [0.25, 0.3) is 6.08 Å². The first-order chi connectivity index (χ1) is 24.1. The van der Waals surface area contributed by atoms with E-state index in [9.17, 15) is 4.79 Å². The lowest BCUT2D eigenvalue weighted by Gasteiger charge is -2.17.